The van der Waals surface area contributed by atoms with Gasteiger partial charge in [0.2, 0.25) is 10.0 Å². The highest BCUT2D eigenvalue weighted by molar-refractivity contribution is 7.89. The molecule has 0 aromatic carbocycles. The number of carboxylic acids is 1. The van der Waals surface area contributed by atoms with Gasteiger partial charge < -0.3 is 5.11 Å². The van der Waals surface area contributed by atoms with Gasteiger partial charge in [0.05, 0.1) is 11.0 Å². The Bertz CT molecular complexity index is 771. The predicted molar refractivity (Wildman–Crippen MR) is 75.1 cm³/mol. The lowest BCUT2D eigenvalue weighted by Crippen LogP contribution is -2.37. The molecule has 116 valence electrons. The van der Waals surface area contributed by atoms with E-state index in [0.717, 1.165) is 12.8 Å². The molecule has 22 heavy (non-hydrogen) atoms. The highest BCUT2D eigenvalue weighted by Gasteiger charge is 2.57. The van der Waals surface area contributed by atoms with Crippen LogP contribution in [0.5, 0.6) is 0 Å². The van der Waals surface area contributed by atoms with Crippen molar-refractivity contribution in [2.75, 3.05) is 13.1 Å². The Kier molecular flexibility index (Phi) is 3.42. The Morgan fingerprint density at radius 2 is 2.27 bits per heavy atom. The van der Waals surface area contributed by atoms with Crippen LogP contribution in [0.1, 0.15) is 24.8 Å². The molecule has 7 nitrogen and oxygen atoms in total. The van der Waals surface area contributed by atoms with Crippen molar-refractivity contribution < 1.29 is 18.3 Å². The van der Waals surface area contributed by atoms with Gasteiger partial charge in [0.1, 0.15) is 11.0 Å². The lowest BCUT2D eigenvalue weighted by atomic mass is 9.81. The van der Waals surface area contributed by atoms with Gasteiger partial charge >= 0.3 is 5.97 Å². The van der Waals surface area contributed by atoms with Crippen LogP contribution < -0.4 is 0 Å². The number of carboxylic acid groups (broad SMARTS) is 1. The Labute approximate surface area is 128 Å². The van der Waals surface area contributed by atoms with Gasteiger partial charge in [-0.3, -0.25) is 9.78 Å². The van der Waals surface area contributed by atoms with Crippen LogP contribution in [0.15, 0.2) is 23.4 Å². The average molecular weight is 321 g/mol. The van der Waals surface area contributed by atoms with Gasteiger partial charge in [-0.15, -0.1) is 0 Å². The molecule has 2 atom stereocenters. The summed E-state index contributed by atoms with van der Waals surface area (Å²) in [6.07, 6.45) is 4.54. The molecule has 1 saturated carbocycles. The number of nitriles is 1. The molecule has 1 saturated heterocycles. The number of sulfonamides is 1. The van der Waals surface area contributed by atoms with Gasteiger partial charge in [0.15, 0.2) is 0 Å². The number of rotatable bonds is 3. The number of carbonyl (C=O) groups is 1. The van der Waals surface area contributed by atoms with Crippen LogP contribution >= 0.6 is 0 Å². The maximum absolute atomic E-state index is 12.7. The summed E-state index contributed by atoms with van der Waals surface area (Å²) in [7, 11) is -3.83. The molecule has 1 N–H and O–H groups in total. The van der Waals surface area contributed by atoms with E-state index in [-0.39, 0.29) is 29.5 Å². The summed E-state index contributed by atoms with van der Waals surface area (Å²) >= 11 is 0. The lowest BCUT2D eigenvalue weighted by Gasteiger charge is -2.23. The molecule has 1 aromatic rings. The molecule has 0 unspecified atom stereocenters. The van der Waals surface area contributed by atoms with Crippen molar-refractivity contribution in [1.29, 1.82) is 5.26 Å². The number of hydrogen-bond donors (Lipinski definition) is 1. The van der Waals surface area contributed by atoms with Gasteiger partial charge in [-0.2, -0.15) is 9.57 Å². The highest BCUT2D eigenvalue weighted by Crippen LogP contribution is 2.50. The number of aromatic nitrogens is 1. The quantitative estimate of drug-likeness (QED) is 0.882. The maximum atomic E-state index is 12.7. The minimum atomic E-state index is -3.83. The Morgan fingerprint density at radius 1 is 1.50 bits per heavy atom. The molecular formula is C14H15N3O4S. The third kappa shape index (κ3) is 2.09. The van der Waals surface area contributed by atoms with Crippen LogP contribution in [0.3, 0.4) is 0 Å². The zero-order valence-corrected chi connectivity index (χ0v) is 12.6. The lowest BCUT2D eigenvalue weighted by molar-refractivity contribution is -0.149. The third-order valence-corrected chi connectivity index (χ3v) is 6.52. The van der Waals surface area contributed by atoms with Crippen LogP contribution in [0, 0.1) is 22.7 Å². The van der Waals surface area contributed by atoms with Crippen molar-refractivity contribution in [2.24, 2.45) is 11.3 Å². The molecule has 1 aliphatic heterocycles. The Hall–Kier alpha value is -1.98. The van der Waals surface area contributed by atoms with E-state index in [2.05, 4.69) is 4.98 Å². The zero-order valence-electron chi connectivity index (χ0n) is 11.8. The van der Waals surface area contributed by atoms with Crippen LogP contribution in [0.25, 0.3) is 0 Å². The standard InChI is InChI=1S/C14H15N3O4S/c15-5-10-4-12(7-16-6-10)22(20,21)17-8-11-2-1-3-14(11,9-17)13(18)19/h4,6-7,11H,1-3,8-9H2,(H,18,19)/t11-,14+/m0/s1. The van der Waals surface area contributed by atoms with Crippen molar-refractivity contribution in [1.82, 2.24) is 9.29 Å². The summed E-state index contributed by atoms with van der Waals surface area (Å²) < 4.78 is 26.6. The molecule has 3 rings (SSSR count). The van der Waals surface area contributed by atoms with Crippen LogP contribution in [-0.4, -0.2) is 41.9 Å². The van der Waals surface area contributed by atoms with E-state index in [1.807, 2.05) is 6.07 Å². The largest absolute Gasteiger partial charge is 0.481 e. The molecule has 2 aliphatic rings. The number of pyridine rings is 1. The molecule has 2 fully saturated rings. The second kappa shape index (κ2) is 5.04. The molecule has 0 radical (unpaired) electrons. The van der Waals surface area contributed by atoms with Gasteiger partial charge in [0, 0.05) is 25.5 Å². The van der Waals surface area contributed by atoms with Crippen molar-refractivity contribution in [2.45, 2.75) is 24.2 Å². The van der Waals surface area contributed by atoms with Crippen LogP contribution in [0.4, 0.5) is 0 Å². The number of fused-ring (bicyclic) bond motifs is 1. The second-order valence-corrected chi connectivity index (χ2v) is 7.81. The molecule has 8 heteroatoms. The van der Waals surface area contributed by atoms with E-state index in [1.54, 1.807) is 0 Å². The summed E-state index contributed by atoms with van der Waals surface area (Å²) in [5.74, 6) is -1.07. The normalized spacial score (nSPS) is 28.2. The van der Waals surface area contributed by atoms with Crippen molar-refractivity contribution in [3.8, 4) is 6.07 Å². The zero-order chi connectivity index (χ0) is 16.0. The first-order valence-corrected chi connectivity index (χ1v) is 8.43. The maximum Gasteiger partial charge on any atom is 0.311 e. The summed E-state index contributed by atoms with van der Waals surface area (Å²) in [5, 5.41) is 18.4. The first kappa shape index (κ1) is 14.9. The first-order valence-electron chi connectivity index (χ1n) is 6.99. The third-order valence-electron chi connectivity index (χ3n) is 4.75. The molecule has 0 bridgehead atoms. The second-order valence-electron chi connectivity index (χ2n) is 5.87. The van der Waals surface area contributed by atoms with Crippen molar-refractivity contribution >= 4 is 16.0 Å². The molecule has 1 aliphatic carbocycles. The van der Waals surface area contributed by atoms with Crippen molar-refractivity contribution in [3.63, 3.8) is 0 Å². The Balaban J connectivity index is 1.95. The predicted octanol–water partition coefficient (Wildman–Crippen LogP) is 0.829. The van der Waals surface area contributed by atoms with Gasteiger partial charge in [-0.05, 0) is 24.8 Å². The molecule has 1 aromatic heterocycles. The molecule has 2 heterocycles. The Morgan fingerprint density at radius 3 is 2.91 bits per heavy atom. The topological polar surface area (TPSA) is 111 Å². The highest BCUT2D eigenvalue weighted by atomic mass is 32.2. The molecular weight excluding hydrogens is 306 g/mol. The number of hydrogen-bond acceptors (Lipinski definition) is 5. The summed E-state index contributed by atoms with van der Waals surface area (Å²) in [6, 6.07) is 3.12. The van der Waals surface area contributed by atoms with Crippen LogP contribution in [0.2, 0.25) is 0 Å². The summed E-state index contributed by atoms with van der Waals surface area (Å²) in [6.45, 7) is 0.206. The fourth-order valence-electron chi connectivity index (χ4n) is 3.55. The van der Waals surface area contributed by atoms with E-state index in [0.29, 0.717) is 6.42 Å². The van der Waals surface area contributed by atoms with E-state index in [4.69, 9.17) is 5.26 Å². The first-order chi connectivity index (χ1) is 10.4. The summed E-state index contributed by atoms with van der Waals surface area (Å²) in [4.78, 5) is 15.3. The fourth-order valence-corrected chi connectivity index (χ4v) is 5.09. The minimum absolute atomic E-state index is 0.00782. The van der Waals surface area contributed by atoms with E-state index < -0.39 is 21.4 Å². The molecule has 0 spiro atoms. The number of nitrogens with zero attached hydrogens (tertiary/aromatic N) is 3. The fraction of sp³-hybridized carbons (Fsp3) is 0.500. The van der Waals surface area contributed by atoms with E-state index in [9.17, 15) is 18.3 Å². The summed E-state index contributed by atoms with van der Waals surface area (Å²) in [5.41, 5.74) is -0.804. The smallest absolute Gasteiger partial charge is 0.311 e. The van der Waals surface area contributed by atoms with Gasteiger partial charge in [-0.25, -0.2) is 8.42 Å². The van der Waals surface area contributed by atoms with E-state index in [1.165, 1.54) is 22.8 Å². The average Bonchev–Trinajstić information content (AvgIpc) is 3.05. The number of aliphatic carboxylic acids is 1. The van der Waals surface area contributed by atoms with Crippen LogP contribution in [-0.2, 0) is 14.8 Å². The monoisotopic (exact) mass is 321 g/mol. The van der Waals surface area contributed by atoms with Crippen molar-refractivity contribution in [3.05, 3.63) is 24.0 Å². The van der Waals surface area contributed by atoms with Gasteiger partial charge in [0.25, 0.3) is 0 Å². The SMILES string of the molecule is N#Cc1cncc(S(=O)(=O)N2C[C@@H]3CCC[C@@]3(C(=O)O)C2)c1. The minimum Gasteiger partial charge on any atom is -0.481 e. The van der Waals surface area contributed by atoms with Gasteiger partial charge in [-0.1, -0.05) is 6.42 Å². The van der Waals surface area contributed by atoms with E-state index >= 15 is 0 Å². The molecule has 0 amide bonds.